The first kappa shape index (κ1) is 40.1. The van der Waals surface area contributed by atoms with Gasteiger partial charge in [0.05, 0.1) is 41.1 Å². The van der Waals surface area contributed by atoms with E-state index in [1.807, 2.05) is 29.2 Å². The third kappa shape index (κ3) is 7.90. The second-order valence-electron chi connectivity index (χ2n) is 16.1. The van der Waals surface area contributed by atoms with Gasteiger partial charge in [0.25, 0.3) is 5.91 Å². The second-order valence-corrected chi connectivity index (χ2v) is 16.1. The standard InChI is InChI=1S/C46H58N2O10/c1-6-28-26-47-13-11-30-20-39(51-2)41(53-4)24-34(30)36(47)17-32(28)18-37-35-25-42(54-5)40(52-3)21-31(35)12-14-48(37)46(50)44-22-33(23-45(58-44)55-16-8-7-15-49)29-9-10-38-43(19-29)57-27-56-38/h9-10,19-22,24-25,28,32-33,36-37,45,49H,6-8,11-18,23,26-27H2,1-5H3/t28-,32+,33+,36-,37+,45-/m0/s1. The molecule has 0 unspecified atom stereocenters. The summed E-state index contributed by atoms with van der Waals surface area (Å²) in [5, 5.41) is 9.38. The van der Waals surface area contributed by atoms with E-state index in [1.54, 1.807) is 28.4 Å². The van der Waals surface area contributed by atoms with E-state index >= 15 is 4.79 Å². The lowest BCUT2D eigenvalue weighted by atomic mass is 9.72. The van der Waals surface area contributed by atoms with Crippen LogP contribution in [0.2, 0.25) is 0 Å². The third-order valence-electron chi connectivity index (χ3n) is 13.0. The number of carbonyl (C=O) groups excluding carboxylic acids is 1. The predicted octanol–water partition coefficient (Wildman–Crippen LogP) is 7.11. The fourth-order valence-electron chi connectivity index (χ4n) is 9.92. The van der Waals surface area contributed by atoms with Crippen molar-refractivity contribution in [2.24, 2.45) is 11.8 Å². The van der Waals surface area contributed by atoms with Gasteiger partial charge in [0.2, 0.25) is 13.1 Å². The number of unbranched alkanes of at least 4 members (excludes halogenated alkanes) is 1. The lowest BCUT2D eigenvalue weighted by molar-refractivity contribution is -0.155. The van der Waals surface area contributed by atoms with Crippen LogP contribution in [-0.2, 0) is 27.1 Å². The highest BCUT2D eigenvalue weighted by molar-refractivity contribution is 5.92. The van der Waals surface area contributed by atoms with E-state index in [1.165, 1.54) is 16.7 Å². The molecule has 0 aromatic heterocycles. The molecule has 0 saturated carbocycles. The van der Waals surface area contributed by atoms with Crippen LogP contribution >= 0.6 is 0 Å². The van der Waals surface area contributed by atoms with Gasteiger partial charge in [-0.2, -0.15) is 0 Å². The minimum absolute atomic E-state index is 0.0982. The Morgan fingerprint density at radius 1 is 0.810 bits per heavy atom. The van der Waals surface area contributed by atoms with E-state index in [0.717, 1.165) is 61.4 Å². The summed E-state index contributed by atoms with van der Waals surface area (Å²) in [6.07, 6.45) is 7.65. The number of piperidine rings is 1. The molecule has 0 aliphatic carbocycles. The largest absolute Gasteiger partial charge is 0.493 e. The molecule has 12 nitrogen and oxygen atoms in total. The molecule has 6 atom stereocenters. The topological polar surface area (TPSA) is 118 Å². The van der Waals surface area contributed by atoms with Gasteiger partial charge in [-0.1, -0.05) is 19.4 Å². The lowest BCUT2D eigenvalue weighted by Crippen LogP contribution is -2.48. The molecule has 0 bridgehead atoms. The highest BCUT2D eigenvalue weighted by atomic mass is 16.7. The van der Waals surface area contributed by atoms with Crippen LogP contribution in [0.5, 0.6) is 34.5 Å². The molecule has 58 heavy (non-hydrogen) atoms. The first-order chi connectivity index (χ1) is 28.4. The number of methoxy groups -OCH3 is 4. The molecular formula is C46H58N2O10. The highest BCUT2D eigenvalue weighted by Gasteiger charge is 2.43. The number of benzene rings is 3. The average Bonchev–Trinajstić information content (AvgIpc) is 3.74. The summed E-state index contributed by atoms with van der Waals surface area (Å²) in [6, 6.07) is 14.5. The van der Waals surface area contributed by atoms with Crippen molar-refractivity contribution in [2.75, 3.05) is 68.1 Å². The maximum atomic E-state index is 15.2. The number of ether oxygens (including phenoxy) is 8. The van der Waals surface area contributed by atoms with Crippen LogP contribution in [-0.4, -0.2) is 95.2 Å². The fourth-order valence-corrected chi connectivity index (χ4v) is 9.92. The van der Waals surface area contributed by atoms with Crippen LogP contribution in [0.1, 0.15) is 91.3 Å². The smallest absolute Gasteiger partial charge is 0.289 e. The quantitative estimate of drug-likeness (QED) is 0.168. The number of hydrogen-bond acceptors (Lipinski definition) is 11. The Kier molecular flexibility index (Phi) is 12.2. The van der Waals surface area contributed by atoms with Gasteiger partial charge < -0.3 is 47.9 Å². The highest BCUT2D eigenvalue weighted by Crippen LogP contribution is 2.50. The van der Waals surface area contributed by atoms with E-state index in [9.17, 15) is 5.11 Å². The average molecular weight is 799 g/mol. The van der Waals surface area contributed by atoms with Gasteiger partial charge in [0.1, 0.15) is 0 Å². The molecule has 12 heteroatoms. The van der Waals surface area contributed by atoms with Crippen LogP contribution in [0, 0.1) is 11.8 Å². The molecule has 5 heterocycles. The van der Waals surface area contributed by atoms with Gasteiger partial charge in [-0.05, 0) is 121 Å². The van der Waals surface area contributed by atoms with Crippen molar-refractivity contribution in [3.63, 3.8) is 0 Å². The van der Waals surface area contributed by atoms with Crippen LogP contribution < -0.4 is 28.4 Å². The van der Waals surface area contributed by atoms with Crippen LogP contribution in [0.15, 0.2) is 54.3 Å². The Bertz CT molecular complexity index is 1980. The normalized spacial score (nSPS) is 24.8. The summed E-state index contributed by atoms with van der Waals surface area (Å²) in [4.78, 5) is 19.9. The zero-order valence-corrected chi connectivity index (χ0v) is 34.5. The number of rotatable bonds is 14. The molecule has 1 amide bonds. The molecule has 1 N–H and O–H groups in total. The maximum absolute atomic E-state index is 15.2. The lowest BCUT2D eigenvalue weighted by Gasteiger charge is -2.49. The molecule has 8 rings (SSSR count). The molecule has 312 valence electrons. The molecule has 3 aromatic rings. The number of nitrogens with zero attached hydrogens (tertiary/aromatic N) is 2. The van der Waals surface area contributed by atoms with Crippen LogP contribution in [0.25, 0.3) is 0 Å². The summed E-state index contributed by atoms with van der Waals surface area (Å²) < 4.78 is 47.2. The minimum Gasteiger partial charge on any atom is -0.493 e. The van der Waals surface area contributed by atoms with Crippen molar-refractivity contribution < 1.29 is 47.8 Å². The van der Waals surface area contributed by atoms with E-state index in [-0.39, 0.29) is 37.3 Å². The van der Waals surface area contributed by atoms with E-state index in [4.69, 9.17) is 37.9 Å². The Morgan fingerprint density at radius 2 is 1.50 bits per heavy atom. The van der Waals surface area contributed by atoms with Gasteiger partial charge in [-0.3, -0.25) is 9.69 Å². The zero-order chi connectivity index (χ0) is 40.3. The van der Waals surface area contributed by atoms with Crippen LogP contribution in [0.3, 0.4) is 0 Å². The van der Waals surface area contributed by atoms with E-state index < -0.39 is 6.29 Å². The van der Waals surface area contributed by atoms with Gasteiger partial charge in [0.15, 0.2) is 40.3 Å². The van der Waals surface area contributed by atoms with Crippen molar-refractivity contribution in [3.05, 3.63) is 82.1 Å². The Balaban J connectivity index is 1.14. The van der Waals surface area contributed by atoms with Gasteiger partial charge in [0, 0.05) is 44.6 Å². The molecule has 3 aromatic carbocycles. The summed E-state index contributed by atoms with van der Waals surface area (Å²) >= 11 is 0. The van der Waals surface area contributed by atoms with Crippen molar-refractivity contribution in [2.45, 2.75) is 82.6 Å². The molecule has 0 spiro atoms. The summed E-state index contributed by atoms with van der Waals surface area (Å²) in [5.41, 5.74) is 5.88. The number of hydrogen-bond donors (Lipinski definition) is 1. The third-order valence-corrected chi connectivity index (χ3v) is 13.0. The van der Waals surface area contributed by atoms with Gasteiger partial charge >= 0.3 is 0 Å². The van der Waals surface area contributed by atoms with Crippen molar-refractivity contribution in [3.8, 4) is 34.5 Å². The Hall–Kier alpha value is -4.65. The molecular weight excluding hydrogens is 741 g/mol. The fraction of sp³-hybridized carbons (Fsp3) is 0.543. The van der Waals surface area contributed by atoms with E-state index in [0.29, 0.717) is 79.4 Å². The first-order valence-electron chi connectivity index (χ1n) is 20.9. The molecule has 1 fully saturated rings. The van der Waals surface area contributed by atoms with Gasteiger partial charge in [-0.15, -0.1) is 0 Å². The monoisotopic (exact) mass is 798 g/mol. The van der Waals surface area contributed by atoms with Crippen molar-refractivity contribution in [1.29, 1.82) is 0 Å². The second kappa shape index (κ2) is 17.7. The summed E-state index contributed by atoms with van der Waals surface area (Å²) in [5.74, 6) is 5.04. The molecule has 5 aliphatic rings. The number of fused-ring (bicyclic) bond motifs is 5. The first-order valence-corrected chi connectivity index (χ1v) is 20.9. The molecule has 5 aliphatic heterocycles. The number of amides is 1. The SMILES string of the molecule is CC[C@H]1CN2CCc3cc(OC)c(OC)cc3[C@@H]2C[C@@H]1C[C@@H]1c2cc(OC)c(OC)cc2CCN1C(=O)C1=C[C@@H](c2ccc3c(c2)OCO3)C[C@@H](OCCCCO)O1. The zero-order valence-electron chi connectivity index (χ0n) is 34.5. The Labute approximate surface area is 341 Å². The molecule has 1 saturated heterocycles. The van der Waals surface area contributed by atoms with Gasteiger partial charge in [-0.25, -0.2) is 0 Å². The molecule has 0 radical (unpaired) electrons. The van der Waals surface area contributed by atoms with E-state index in [2.05, 4.69) is 36.1 Å². The Morgan fingerprint density at radius 3 is 2.22 bits per heavy atom. The van der Waals surface area contributed by atoms with Crippen molar-refractivity contribution in [1.82, 2.24) is 9.80 Å². The number of allylic oxidation sites excluding steroid dienone is 1. The predicted molar refractivity (Wildman–Crippen MR) is 217 cm³/mol. The van der Waals surface area contributed by atoms with Crippen molar-refractivity contribution >= 4 is 5.91 Å². The summed E-state index contributed by atoms with van der Waals surface area (Å²) in [7, 11) is 6.72. The summed E-state index contributed by atoms with van der Waals surface area (Å²) in [6.45, 7) is 5.53. The number of aliphatic hydroxyl groups is 1. The minimum atomic E-state index is -0.631. The van der Waals surface area contributed by atoms with Crippen LogP contribution in [0.4, 0.5) is 0 Å². The number of aliphatic hydroxyl groups excluding tert-OH is 1. The maximum Gasteiger partial charge on any atom is 0.289 e. The number of carbonyl (C=O) groups is 1.